The van der Waals surface area contributed by atoms with Gasteiger partial charge in [-0.05, 0) is 43.9 Å². The lowest BCUT2D eigenvalue weighted by Crippen LogP contribution is -3.12. The molecule has 4 rings (SSSR count). The number of para-hydroxylation sites is 2. The first-order valence-electron chi connectivity index (χ1n) is 10.6. The lowest BCUT2D eigenvalue weighted by molar-refractivity contribution is -0.897. The predicted octanol–water partition coefficient (Wildman–Crippen LogP) is 2.77. The molecule has 2 heterocycles. The van der Waals surface area contributed by atoms with Crippen molar-refractivity contribution < 1.29 is 9.82 Å². The largest absolute Gasteiger partial charge is 0.373 e. The molecule has 0 unspecified atom stereocenters. The Labute approximate surface area is 175 Å². The van der Waals surface area contributed by atoms with Crippen LogP contribution < -0.4 is 15.8 Å². The molecule has 1 aliphatic heterocycles. The van der Waals surface area contributed by atoms with E-state index in [1.165, 1.54) is 35.2 Å². The summed E-state index contributed by atoms with van der Waals surface area (Å²) in [6.07, 6.45) is 5.02. The molecule has 0 radical (unpaired) electrons. The first-order valence-corrected chi connectivity index (χ1v) is 10.6. The molecule has 3 aromatic rings. The number of aromatic nitrogens is 1. The maximum absolute atomic E-state index is 13.2. The molecule has 0 saturated carbocycles. The van der Waals surface area contributed by atoms with Crippen LogP contribution in [0, 0.1) is 10.1 Å². The molecular weight excluding hydrogens is 380 g/mol. The minimum Gasteiger partial charge on any atom is -0.373 e. The Morgan fingerprint density at radius 2 is 1.63 bits per heavy atom. The van der Waals surface area contributed by atoms with Gasteiger partial charge in [0.1, 0.15) is 5.69 Å². The van der Waals surface area contributed by atoms with Gasteiger partial charge in [0.25, 0.3) is 0 Å². The molecule has 1 fully saturated rings. The van der Waals surface area contributed by atoms with Crippen LogP contribution in [0.1, 0.15) is 25.7 Å². The molecule has 1 aromatic heterocycles. The van der Waals surface area contributed by atoms with Crippen molar-refractivity contribution in [3.63, 3.8) is 0 Å². The minimum absolute atomic E-state index is 0.321. The zero-order chi connectivity index (χ0) is 20.9. The first-order chi connectivity index (χ1) is 14.7. The van der Waals surface area contributed by atoms with E-state index < -0.39 is 16.2 Å². The third-order valence-corrected chi connectivity index (χ3v) is 5.84. The number of quaternary nitrogens is 1. The number of anilines is 1. The lowest BCUT2D eigenvalue weighted by atomic mass is 10.1. The van der Waals surface area contributed by atoms with Crippen LogP contribution in [0.15, 0.2) is 59.4 Å². The maximum Gasteiger partial charge on any atom is 0.357 e. The molecule has 30 heavy (non-hydrogen) atoms. The number of likely N-dealkylation sites (tertiary alicyclic amines) is 1. The van der Waals surface area contributed by atoms with Gasteiger partial charge in [0, 0.05) is 11.1 Å². The van der Waals surface area contributed by atoms with E-state index in [0.717, 1.165) is 19.6 Å². The second-order valence-corrected chi connectivity index (χ2v) is 7.81. The Morgan fingerprint density at radius 1 is 0.967 bits per heavy atom. The summed E-state index contributed by atoms with van der Waals surface area (Å²) in [5.74, 6) is 0. The molecular formula is C23H27N4O3+. The van der Waals surface area contributed by atoms with Gasteiger partial charge in [0.05, 0.1) is 36.6 Å². The van der Waals surface area contributed by atoms with E-state index >= 15 is 0 Å². The fraction of sp³-hybridized carbons (Fsp3) is 0.348. The van der Waals surface area contributed by atoms with Crippen molar-refractivity contribution in [3.8, 4) is 5.69 Å². The van der Waals surface area contributed by atoms with Gasteiger partial charge in [0.15, 0.2) is 0 Å². The molecule has 0 amide bonds. The van der Waals surface area contributed by atoms with Gasteiger partial charge in [0.2, 0.25) is 0 Å². The van der Waals surface area contributed by atoms with Crippen molar-refractivity contribution in [2.45, 2.75) is 25.7 Å². The predicted molar refractivity (Wildman–Crippen MR) is 119 cm³/mol. The van der Waals surface area contributed by atoms with E-state index in [4.69, 9.17) is 0 Å². The molecule has 7 heteroatoms. The van der Waals surface area contributed by atoms with Crippen LogP contribution in [0.25, 0.3) is 16.6 Å². The van der Waals surface area contributed by atoms with Gasteiger partial charge in [-0.3, -0.25) is 19.5 Å². The number of rotatable bonds is 6. The van der Waals surface area contributed by atoms with Crippen LogP contribution in [0.4, 0.5) is 11.4 Å². The number of hydrogen-bond acceptors (Lipinski definition) is 4. The molecule has 0 atom stereocenters. The molecule has 2 N–H and O–H groups in total. The molecule has 2 aromatic carbocycles. The number of nitrogens with one attached hydrogen (secondary N) is 2. The summed E-state index contributed by atoms with van der Waals surface area (Å²) in [6.45, 7) is 3.75. The highest BCUT2D eigenvalue weighted by Gasteiger charge is 2.26. The standard InChI is InChI=1S/C23H26N4O3/c28-23-22(27(29)30)21(24-14-17-25-15-8-1-2-9-16-25)19-12-6-7-13-20(19)26(23)18-10-4-3-5-11-18/h3-7,10-13,24H,1-2,8-9,14-17H2/p+1. The van der Waals surface area contributed by atoms with Crippen molar-refractivity contribution >= 4 is 22.3 Å². The van der Waals surface area contributed by atoms with E-state index in [2.05, 4.69) is 5.32 Å². The van der Waals surface area contributed by atoms with E-state index in [-0.39, 0.29) is 0 Å². The third-order valence-electron chi connectivity index (χ3n) is 5.84. The van der Waals surface area contributed by atoms with Crippen LogP contribution >= 0.6 is 0 Å². The number of nitrogens with zero attached hydrogens (tertiary/aromatic N) is 2. The summed E-state index contributed by atoms with van der Waals surface area (Å²) < 4.78 is 1.43. The van der Waals surface area contributed by atoms with Crippen LogP contribution in [-0.4, -0.2) is 35.7 Å². The second-order valence-electron chi connectivity index (χ2n) is 7.81. The number of nitro groups is 1. The highest BCUT2D eigenvalue weighted by atomic mass is 16.6. The number of hydrogen-bond donors (Lipinski definition) is 2. The molecule has 156 valence electrons. The Hall–Kier alpha value is -3.19. The third kappa shape index (κ3) is 4.07. The Balaban J connectivity index is 1.75. The summed E-state index contributed by atoms with van der Waals surface area (Å²) in [7, 11) is 0. The van der Waals surface area contributed by atoms with Crippen LogP contribution in [0.3, 0.4) is 0 Å². The van der Waals surface area contributed by atoms with Crippen molar-refractivity contribution in [3.05, 3.63) is 75.1 Å². The van der Waals surface area contributed by atoms with E-state index in [0.29, 0.717) is 28.8 Å². The highest BCUT2D eigenvalue weighted by Crippen LogP contribution is 2.31. The Morgan fingerprint density at radius 3 is 2.33 bits per heavy atom. The molecule has 7 nitrogen and oxygen atoms in total. The minimum atomic E-state index is -0.616. The Kier molecular flexibility index (Phi) is 6.09. The van der Waals surface area contributed by atoms with E-state index in [9.17, 15) is 14.9 Å². The Bertz CT molecular complexity index is 1090. The average molecular weight is 407 g/mol. The summed E-state index contributed by atoms with van der Waals surface area (Å²) in [5.41, 5.74) is 0.575. The smallest absolute Gasteiger partial charge is 0.357 e. The molecule has 0 spiro atoms. The normalized spacial score (nSPS) is 15.1. The van der Waals surface area contributed by atoms with Crippen molar-refractivity contribution in [2.24, 2.45) is 0 Å². The summed E-state index contributed by atoms with van der Waals surface area (Å²) in [6, 6.07) is 16.4. The number of benzene rings is 2. The van der Waals surface area contributed by atoms with E-state index in [1.807, 2.05) is 42.5 Å². The van der Waals surface area contributed by atoms with Crippen molar-refractivity contribution in [1.82, 2.24) is 4.57 Å². The summed E-state index contributed by atoms with van der Waals surface area (Å²) in [5, 5.41) is 15.9. The van der Waals surface area contributed by atoms with Crippen LogP contribution in [-0.2, 0) is 0 Å². The molecule has 1 saturated heterocycles. The fourth-order valence-electron chi connectivity index (χ4n) is 4.35. The quantitative estimate of drug-likeness (QED) is 0.486. The molecule has 0 aliphatic carbocycles. The van der Waals surface area contributed by atoms with Crippen LogP contribution in [0.5, 0.6) is 0 Å². The zero-order valence-corrected chi connectivity index (χ0v) is 17.0. The molecule has 1 aliphatic rings. The van der Waals surface area contributed by atoms with E-state index in [1.54, 1.807) is 12.1 Å². The molecule has 0 bridgehead atoms. The zero-order valence-electron chi connectivity index (χ0n) is 17.0. The number of fused-ring (bicyclic) bond motifs is 1. The van der Waals surface area contributed by atoms with Crippen molar-refractivity contribution in [1.29, 1.82) is 0 Å². The highest BCUT2D eigenvalue weighted by molar-refractivity contribution is 5.97. The SMILES string of the molecule is O=c1c([N+](=O)[O-])c(NCC[NH+]2CCCCCC2)c2ccccc2n1-c1ccccc1. The van der Waals surface area contributed by atoms with Gasteiger partial charge in [-0.1, -0.05) is 36.4 Å². The average Bonchev–Trinajstić information content (AvgIpc) is 3.03. The fourth-order valence-corrected chi connectivity index (χ4v) is 4.35. The summed E-state index contributed by atoms with van der Waals surface area (Å²) >= 11 is 0. The van der Waals surface area contributed by atoms with Gasteiger partial charge >= 0.3 is 11.2 Å². The first kappa shape index (κ1) is 20.1. The second kappa shape index (κ2) is 9.09. The van der Waals surface area contributed by atoms with Crippen LogP contribution in [0.2, 0.25) is 0 Å². The maximum atomic E-state index is 13.2. The monoisotopic (exact) mass is 407 g/mol. The van der Waals surface area contributed by atoms with Gasteiger partial charge in [-0.2, -0.15) is 0 Å². The van der Waals surface area contributed by atoms with Gasteiger partial charge in [-0.25, -0.2) is 0 Å². The lowest BCUT2D eigenvalue weighted by Gasteiger charge is -2.19. The number of pyridine rings is 1. The van der Waals surface area contributed by atoms with Gasteiger partial charge < -0.3 is 10.2 Å². The van der Waals surface area contributed by atoms with Gasteiger partial charge in [-0.15, -0.1) is 0 Å². The van der Waals surface area contributed by atoms with Crippen molar-refractivity contribution in [2.75, 3.05) is 31.5 Å². The topological polar surface area (TPSA) is 81.6 Å². The summed E-state index contributed by atoms with van der Waals surface area (Å²) in [4.78, 5) is 26.1.